The van der Waals surface area contributed by atoms with Crippen LogP contribution in [0.1, 0.15) is 22.5 Å². The van der Waals surface area contributed by atoms with Gasteiger partial charge >= 0.3 is 0 Å². The zero-order chi connectivity index (χ0) is 18.2. The summed E-state index contributed by atoms with van der Waals surface area (Å²) in [5.41, 5.74) is 4.22. The van der Waals surface area contributed by atoms with Crippen molar-refractivity contribution in [2.45, 2.75) is 31.5 Å². The van der Waals surface area contributed by atoms with Crippen molar-refractivity contribution in [2.24, 2.45) is 0 Å². The van der Waals surface area contributed by atoms with Crippen molar-refractivity contribution < 1.29 is 8.42 Å². The number of thiophene rings is 1. The molecule has 1 aromatic carbocycles. The van der Waals surface area contributed by atoms with Crippen LogP contribution in [0.3, 0.4) is 0 Å². The molecule has 1 N–H and O–H groups in total. The molecule has 0 aliphatic carbocycles. The first kappa shape index (κ1) is 18.0. The predicted octanol–water partition coefficient (Wildman–Crippen LogP) is 4.37. The first-order valence-electron chi connectivity index (χ1n) is 7.64. The van der Waals surface area contributed by atoms with Gasteiger partial charge in [-0.3, -0.25) is 9.40 Å². The lowest BCUT2D eigenvalue weighted by Crippen LogP contribution is -2.13. The lowest BCUT2D eigenvalue weighted by atomic mass is 10.1. The SMILES string of the molecule is Cc1ccc(Cn2nc(C)c(NS(=O)(=O)c3ccc(Cl)s3)c2C)cc1. The number of nitrogens with one attached hydrogen (secondary N) is 1. The third-order valence-electron chi connectivity index (χ3n) is 3.88. The summed E-state index contributed by atoms with van der Waals surface area (Å²) < 4.78 is 30.1. The molecular formula is C17H18ClN3O2S2. The Balaban J connectivity index is 1.88. The summed E-state index contributed by atoms with van der Waals surface area (Å²) in [5.74, 6) is 0. The molecule has 0 atom stereocenters. The molecule has 0 amide bonds. The van der Waals surface area contributed by atoms with E-state index in [9.17, 15) is 8.42 Å². The number of rotatable bonds is 5. The Morgan fingerprint density at radius 2 is 1.80 bits per heavy atom. The number of sulfonamides is 1. The third-order valence-corrected chi connectivity index (χ3v) is 6.96. The van der Waals surface area contributed by atoms with E-state index in [1.54, 1.807) is 17.7 Å². The molecule has 0 saturated carbocycles. The second-order valence-electron chi connectivity index (χ2n) is 5.85. The minimum absolute atomic E-state index is 0.183. The van der Waals surface area contributed by atoms with Gasteiger partial charge in [0.1, 0.15) is 4.21 Å². The van der Waals surface area contributed by atoms with Crippen molar-refractivity contribution in [3.05, 3.63) is 63.2 Å². The number of nitrogens with zero attached hydrogens (tertiary/aromatic N) is 2. The lowest BCUT2D eigenvalue weighted by Gasteiger charge is -2.08. The number of hydrogen-bond acceptors (Lipinski definition) is 4. The van der Waals surface area contributed by atoms with Crippen LogP contribution < -0.4 is 4.72 Å². The largest absolute Gasteiger partial charge is 0.275 e. The van der Waals surface area contributed by atoms with E-state index in [4.69, 9.17) is 11.6 Å². The smallest absolute Gasteiger partial charge is 0.271 e. The molecule has 0 saturated heterocycles. The molecule has 0 bridgehead atoms. The summed E-state index contributed by atoms with van der Waals surface area (Å²) in [4.78, 5) is 0. The Morgan fingerprint density at radius 1 is 1.12 bits per heavy atom. The quantitative estimate of drug-likeness (QED) is 0.697. The highest BCUT2D eigenvalue weighted by atomic mass is 35.5. The van der Waals surface area contributed by atoms with E-state index in [1.807, 2.05) is 38.1 Å². The van der Waals surface area contributed by atoms with Gasteiger partial charge in [0.05, 0.1) is 28.0 Å². The van der Waals surface area contributed by atoms with Crippen LogP contribution in [0.15, 0.2) is 40.6 Å². The second kappa shape index (κ2) is 6.82. The standard InChI is InChI=1S/C17H18ClN3O2S2/c1-11-4-6-14(7-5-11)10-21-13(3)17(12(2)19-21)20-25(22,23)16-9-8-15(18)24-16/h4-9,20H,10H2,1-3H3. The van der Waals surface area contributed by atoms with Crippen molar-refractivity contribution in [3.8, 4) is 0 Å². The van der Waals surface area contributed by atoms with Crippen LogP contribution in [-0.2, 0) is 16.6 Å². The highest BCUT2D eigenvalue weighted by molar-refractivity contribution is 7.94. The molecular weight excluding hydrogens is 378 g/mol. The number of benzene rings is 1. The van der Waals surface area contributed by atoms with Crippen LogP contribution in [0.5, 0.6) is 0 Å². The molecule has 0 aliphatic heterocycles. The lowest BCUT2D eigenvalue weighted by molar-refractivity contribution is 0.603. The number of aryl methyl sites for hydroxylation is 2. The molecule has 0 unspecified atom stereocenters. The molecule has 3 rings (SSSR count). The number of halogens is 1. The second-order valence-corrected chi connectivity index (χ2v) is 9.48. The van der Waals surface area contributed by atoms with E-state index in [1.165, 1.54) is 11.6 Å². The Hall–Kier alpha value is -1.83. The number of anilines is 1. The molecule has 2 aromatic heterocycles. The minimum atomic E-state index is -3.67. The van der Waals surface area contributed by atoms with Crippen molar-refractivity contribution in [3.63, 3.8) is 0 Å². The molecule has 0 spiro atoms. The zero-order valence-electron chi connectivity index (χ0n) is 14.1. The third kappa shape index (κ3) is 3.89. The molecule has 0 radical (unpaired) electrons. The summed E-state index contributed by atoms with van der Waals surface area (Å²) in [6.07, 6.45) is 0. The number of aromatic nitrogens is 2. The fourth-order valence-corrected chi connectivity index (χ4v) is 5.15. The molecule has 5 nitrogen and oxygen atoms in total. The van der Waals surface area contributed by atoms with E-state index in [-0.39, 0.29) is 4.21 Å². The van der Waals surface area contributed by atoms with Gasteiger partial charge in [-0.25, -0.2) is 8.42 Å². The van der Waals surface area contributed by atoms with Gasteiger partial charge in [0.25, 0.3) is 10.0 Å². The van der Waals surface area contributed by atoms with Gasteiger partial charge < -0.3 is 0 Å². The Morgan fingerprint density at radius 3 is 2.40 bits per heavy atom. The predicted molar refractivity (Wildman–Crippen MR) is 102 cm³/mol. The molecule has 0 aliphatic rings. The van der Waals surface area contributed by atoms with E-state index in [2.05, 4.69) is 9.82 Å². The fraction of sp³-hybridized carbons (Fsp3) is 0.235. The van der Waals surface area contributed by atoms with E-state index in [0.717, 1.165) is 22.6 Å². The van der Waals surface area contributed by atoms with E-state index < -0.39 is 10.0 Å². The Bertz CT molecular complexity index is 1010. The summed E-state index contributed by atoms with van der Waals surface area (Å²) in [6.45, 7) is 6.27. The summed E-state index contributed by atoms with van der Waals surface area (Å²) in [7, 11) is -3.67. The molecule has 0 fully saturated rings. The fourth-order valence-electron chi connectivity index (χ4n) is 2.49. The maximum atomic E-state index is 12.5. The van der Waals surface area contributed by atoms with Crippen LogP contribution >= 0.6 is 22.9 Å². The zero-order valence-corrected chi connectivity index (χ0v) is 16.5. The van der Waals surface area contributed by atoms with E-state index in [0.29, 0.717) is 22.3 Å². The molecule has 2 heterocycles. The first-order valence-corrected chi connectivity index (χ1v) is 10.3. The van der Waals surface area contributed by atoms with Crippen molar-refractivity contribution >= 4 is 38.6 Å². The van der Waals surface area contributed by atoms with Crippen molar-refractivity contribution in [1.82, 2.24) is 9.78 Å². The minimum Gasteiger partial charge on any atom is -0.275 e. The molecule has 3 aromatic rings. The van der Waals surface area contributed by atoms with Gasteiger partial charge in [-0.1, -0.05) is 41.4 Å². The average molecular weight is 396 g/mol. The van der Waals surface area contributed by atoms with Gasteiger partial charge in [0, 0.05) is 0 Å². The summed E-state index contributed by atoms with van der Waals surface area (Å²) in [6, 6.07) is 11.3. The summed E-state index contributed by atoms with van der Waals surface area (Å²) >= 11 is 6.87. The van der Waals surface area contributed by atoms with Gasteiger partial charge in [-0.15, -0.1) is 11.3 Å². The number of hydrogen-bond donors (Lipinski definition) is 1. The summed E-state index contributed by atoms with van der Waals surface area (Å²) in [5, 5.41) is 4.48. The molecule has 25 heavy (non-hydrogen) atoms. The highest BCUT2D eigenvalue weighted by Gasteiger charge is 2.21. The topological polar surface area (TPSA) is 64.0 Å². The van der Waals surface area contributed by atoms with Crippen LogP contribution in [-0.4, -0.2) is 18.2 Å². The van der Waals surface area contributed by atoms with Gasteiger partial charge in [0.15, 0.2) is 0 Å². The Kier molecular flexibility index (Phi) is 4.90. The van der Waals surface area contributed by atoms with Crippen molar-refractivity contribution in [1.29, 1.82) is 0 Å². The maximum absolute atomic E-state index is 12.5. The van der Waals surface area contributed by atoms with Crippen LogP contribution in [0.25, 0.3) is 0 Å². The Labute approximate surface area is 156 Å². The van der Waals surface area contributed by atoms with Crippen LogP contribution in [0, 0.1) is 20.8 Å². The van der Waals surface area contributed by atoms with Crippen LogP contribution in [0.2, 0.25) is 4.34 Å². The monoisotopic (exact) mass is 395 g/mol. The average Bonchev–Trinajstić information content (AvgIpc) is 3.09. The van der Waals surface area contributed by atoms with E-state index >= 15 is 0 Å². The molecule has 132 valence electrons. The normalized spacial score (nSPS) is 11.7. The van der Waals surface area contributed by atoms with Gasteiger partial charge in [-0.05, 0) is 38.5 Å². The maximum Gasteiger partial charge on any atom is 0.271 e. The van der Waals surface area contributed by atoms with Gasteiger partial charge in [0.2, 0.25) is 0 Å². The first-order chi connectivity index (χ1) is 11.8. The highest BCUT2D eigenvalue weighted by Crippen LogP contribution is 2.29. The molecule has 8 heteroatoms. The van der Waals surface area contributed by atoms with Gasteiger partial charge in [-0.2, -0.15) is 5.10 Å². The van der Waals surface area contributed by atoms with Crippen LogP contribution in [0.4, 0.5) is 5.69 Å². The van der Waals surface area contributed by atoms with Crippen molar-refractivity contribution in [2.75, 3.05) is 4.72 Å².